The van der Waals surface area contributed by atoms with Crippen molar-refractivity contribution in [3.8, 4) is 0 Å². The molecule has 1 aliphatic rings. The molecular weight excluding hydrogens is 385 g/mol. The second-order valence-electron chi connectivity index (χ2n) is 4.49. The number of fused-ring (bicyclic) bond motifs is 1. The van der Waals surface area contributed by atoms with E-state index in [0.717, 1.165) is 8.47 Å². The molecule has 0 aliphatic carbocycles. The van der Waals surface area contributed by atoms with Crippen LogP contribution < -0.4 is 4.90 Å². The van der Waals surface area contributed by atoms with E-state index in [2.05, 4.69) is 22.6 Å². The van der Waals surface area contributed by atoms with E-state index in [9.17, 15) is 14.4 Å². The van der Waals surface area contributed by atoms with Gasteiger partial charge in [0.05, 0.1) is 22.4 Å². The lowest BCUT2D eigenvalue weighted by Crippen LogP contribution is -2.29. The molecule has 2 aromatic carbocycles. The Labute approximate surface area is 133 Å². The zero-order valence-corrected chi connectivity index (χ0v) is 12.7. The first-order chi connectivity index (χ1) is 9.99. The maximum atomic E-state index is 12.4. The molecule has 0 atom stereocenters. The summed E-state index contributed by atoms with van der Waals surface area (Å²) < 4.78 is 0.855. The summed E-state index contributed by atoms with van der Waals surface area (Å²) in [5, 5.41) is 9.00. The number of carbonyl (C=O) groups is 3. The minimum Gasteiger partial charge on any atom is -0.478 e. The Bertz CT molecular complexity index is 800. The number of carboxylic acids is 1. The Morgan fingerprint density at radius 1 is 1.00 bits per heavy atom. The lowest BCUT2D eigenvalue weighted by Gasteiger charge is -2.14. The number of aromatic carboxylic acids is 1. The number of carboxylic acid groups (broad SMARTS) is 1. The number of halogens is 1. The standard InChI is InChI=1S/C15H8INO4/c16-9-4-5-11-12(7-9)14(19)17(13(11)18)10-3-1-2-8(6-10)15(20)21/h1-7H,(H,20,21). The number of anilines is 1. The van der Waals surface area contributed by atoms with Crippen LogP contribution in [-0.2, 0) is 0 Å². The fourth-order valence-corrected chi connectivity index (χ4v) is 2.72. The maximum Gasteiger partial charge on any atom is 0.335 e. The predicted molar refractivity (Wildman–Crippen MR) is 83.7 cm³/mol. The maximum absolute atomic E-state index is 12.4. The first-order valence-corrected chi connectivity index (χ1v) is 7.08. The second-order valence-corrected chi connectivity index (χ2v) is 5.74. The van der Waals surface area contributed by atoms with Crippen LogP contribution in [0.1, 0.15) is 31.1 Å². The van der Waals surface area contributed by atoms with Gasteiger partial charge in [0.1, 0.15) is 0 Å². The van der Waals surface area contributed by atoms with E-state index in [1.54, 1.807) is 24.3 Å². The highest BCUT2D eigenvalue weighted by atomic mass is 127. The number of carbonyl (C=O) groups excluding carboxylic acids is 2. The number of amides is 2. The van der Waals surface area contributed by atoms with Crippen LogP contribution in [0.5, 0.6) is 0 Å². The molecule has 6 heteroatoms. The molecule has 1 heterocycles. The van der Waals surface area contributed by atoms with E-state index < -0.39 is 17.8 Å². The molecule has 104 valence electrons. The van der Waals surface area contributed by atoms with E-state index in [4.69, 9.17) is 5.11 Å². The van der Waals surface area contributed by atoms with Gasteiger partial charge in [-0.1, -0.05) is 6.07 Å². The molecule has 0 unspecified atom stereocenters. The highest BCUT2D eigenvalue weighted by Crippen LogP contribution is 2.29. The van der Waals surface area contributed by atoms with Gasteiger partial charge in [-0.3, -0.25) is 9.59 Å². The highest BCUT2D eigenvalue weighted by Gasteiger charge is 2.36. The highest BCUT2D eigenvalue weighted by molar-refractivity contribution is 14.1. The summed E-state index contributed by atoms with van der Waals surface area (Å²) in [7, 11) is 0. The van der Waals surface area contributed by atoms with Crippen molar-refractivity contribution >= 4 is 46.1 Å². The summed E-state index contributed by atoms with van der Waals surface area (Å²) in [6.45, 7) is 0. The number of hydrogen-bond donors (Lipinski definition) is 1. The van der Waals surface area contributed by atoms with Gasteiger partial charge in [0.2, 0.25) is 0 Å². The molecule has 3 rings (SSSR count). The third-order valence-electron chi connectivity index (χ3n) is 3.20. The number of rotatable bonds is 2. The normalized spacial score (nSPS) is 13.5. The summed E-state index contributed by atoms with van der Waals surface area (Å²) in [5.74, 6) is -1.98. The van der Waals surface area contributed by atoms with Crippen molar-refractivity contribution < 1.29 is 19.5 Å². The van der Waals surface area contributed by atoms with E-state index in [0.29, 0.717) is 11.1 Å². The van der Waals surface area contributed by atoms with Crippen molar-refractivity contribution in [2.24, 2.45) is 0 Å². The van der Waals surface area contributed by atoms with Crippen molar-refractivity contribution in [2.45, 2.75) is 0 Å². The molecule has 0 spiro atoms. The van der Waals surface area contributed by atoms with Gasteiger partial charge in [0, 0.05) is 3.57 Å². The molecule has 0 saturated heterocycles. The third kappa shape index (κ3) is 2.21. The number of imide groups is 1. The van der Waals surface area contributed by atoms with E-state index in [1.165, 1.54) is 18.2 Å². The first-order valence-electron chi connectivity index (χ1n) is 6.01. The van der Waals surface area contributed by atoms with Crippen LogP contribution in [0.3, 0.4) is 0 Å². The summed E-state index contributed by atoms with van der Waals surface area (Å²) in [4.78, 5) is 36.8. The monoisotopic (exact) mass is 393 g/mol. The van der Waals surface area contributed by atoms with Crippen LogP contribution in [0.15, 0.2) is 42.5 Å². The van der Waals surface area contributed by atoms with Gasteiger partial charge in [0.15, 0.2) is 0 Å². The molecule has 0 bridgehead atoms. The van der Waals surface area contributed by atoms with Crippen LogP contribution in [0.2, 0.25) is 0 Å². The largest absolute Gasteiger partial charge is 0.478 e. The Morgan fingerprint density at radius 3 is 2.43 bits per heavy atom. The van der Waals surface area contributed by atoms with Gasteiger partial charge >= 0.3 is 5.97 Å². The molecule has 0 fully saturated rings. The minimum atomic E-state index is -1.11. The molecule has 1 aliphatic heterocycles. The van der Waals surface area contributed by atoms with Crippen LogP contribution in [0.4, 0.5) is 5.69 Å². The second kappa shape index (κ2) is 4.96. The molecule has 1 N–H and O–H groups in total. The Hall–Kier alpha value is -2.22. The Kier molecular flexibility index (Phi) is 3.25. The van der Waals surface area contributed by atoms with E-state index in [1.807, 2.05) is 0 Å². The molecule has 2 amide bonds. The molecule has 5 nitrogen and oxygen atoms in total. The minimum absolute atomic E-state index is 0.0265. The summed E-state index contributed by atoms with van der Waals surface area (Å²) >= 11 is 2.07. The molecule has 2 aromatic rings. The van der Waals surface area contributed by atoms with Gasteiger partial charge in [-0.25, -0.2) is 9.69 Å². The van der Waals surface area contributed by atoms with Crippen molar-refractivity contribution in [1.82, 2.24) is 0 Å². The molecule has 21 heavy (non-hydrogen) atoms. The molecular formula is C15H8INO4. The van der Waals surface area contributed by atoms with Crippen molar-refractivity contribution in [3.63, 3.8) is 0 Å². The van der Waals surface area contributed by atoms with Gasteiger partial charge in [-0.2, -0.15) is 0 Å². The number of benzene rings is 2. The third-order valence-corrected chi connectivity index (χ3v) is 3.87. The van der Waals surface area contributed by atoms with Crippen LogP contribution >= 0.6 is 22.6 Å². The van der Waals surface area contributed by atoms with Crippen LogP contribution in [0, 0.1) is 3.57 Å². The SMILES string of the molecule is O=C(O)c1cccc(N2C(=O)c3ccc(I)cc3C2=O)c1. The lowest BCUT2D eigenvalue weighted by molar-refractivity contribution is 0.0695. The summed E-state index contributed by atoms with van der Waals surface area (Å²) in [6.07, 6.45) is 0. The molecule has 0 saturated carbocycles. The van der Waals surface area contributed by atoms with Crippen molar-refractivity contribution in [2.75, 3.05) is 4.90 Å². The fraction of sp³-hybridized carbons (Fsp3) is 0. The zero-order chi connectivity index (χ0) is 15.1. The van der Waals surface area contributed by atoms with E-state index in [-0.39, 0.29) is 11.3 Å². The number of nitrogens with zero attached hydrogens (tertiary/aromatic N) is 1. The fourth-order valence-electron chi connectivity index (χ4n) is 2.23. The van der Waals surface area contributed by atoms with Crippen molar-refractivity contribution in [1.29, 1.82) is 0 Å². The molecule has 0 radical (unpaired) electrons. The average molecular weight is 393 g/mol. The average Bonchev–Trinajstić information content (AvgIpc) is 2.70. The van der Waals surface area contributed by atoms with Gasteiger partial charge in [-0.15, -0.1) is 0 Å². The van der Waals surface area contributed by atoms with Gasteiger partial charge in [-0.05, 0) is 59.0 Å². The predicted octanol–water partition coefficient (Wildman–Crippen LogP) is 2.79. The Balaban J connectivity index is 2.10. The van der Waals surface area contributed by atoms with Crippen molar-refractivity contribution in [3.05, 3.63) is 62.7 Å². The quantitative estimate of drug-likeness (QED) is 0.629. The van der Waals surface area contributed by atoms with Crippen LogP contribution in [-0.4, -0.2) is 22.9 Å². The number of hydrogen-bond acceptors (Lipinski definition) is 3. The zero-order valence-electron chi connectivity index (χ0n) is 10.5. The first kappa shape index (κ1) is 13.7. The smallest absolute Gasteiger partial charge is 0.335 e. The Morgan fingerprint density at radius 2 is 1.71 bits per heavy atom. The van der Waals surface area contributed by atoms with Crippen LogP contribution in [0.25, 0.3) is 0 Å². The topological polar surface area (TPSA) is 74.7 Å². The van der Waals surface area contributed by atoms with E-state index >= 15 is 0 Å². The molecule has 0 aromatic heterocycles. The van der Waals surface area contributed by atoms with Gasteiger partial charge < -0.3 is 5.11 Å². The summed E-state index contributed by atoms with van der Waals surface area (Å²) in [5.41, 5.74) is 0.962. The summed E-state index contributed by atoms with van der Waals surface area (Å²) in [6, 6.07) is 10.8. The lowest BCUT2D eigenvalue weighted by atomic mass is 10.1. The van der Waals surface area contributed by atoms with Gasteiger partial charge in [0.25, 0.3) is 11.8 Å².